The minimum absolute atomic E-state index is 0.532. The van der Waals surface area contributed by atoms with Crippen LogP contribution in [0.2, 0.25) is 0 Å². The van der Waals surface area contributed by atoms with E-state index in [1.54, 1.807) is 0 Å². The number of ether oxygens (including phenoxy) is 1. The van der Waals surface area contributed by atoms with Crippen molar-refractivity contribution in [2.24, 2.45) is 5.41 Å². The molecule has 0 aromatic rings. The van der Waals surface area contributed by atoms with Crippen molar-refractivity contribution in [3.63, 3.8) is 0 Å². The average molecular weight is 294 g/mol. The summed E-state index contributed by atoms with van der Waals surface area (Å²) in [7, 11) is 0. The predicted molar refractivity (Wildman–Crippen MR) is 87.6 cm³/mol. The van der Waals surface area contributed by atoms with E-state index >= 15 is 0 Å². The van der Waals surface area contributed by atoms with Gasteiger partial charge in [0, 0.05) is 31.7 Å². The van der Waals surface area contributed by atoms with E-state index in [1.807, 2.05) is 0 Å². The minimum Gasteiger partial charge on any atom is -0.378 e. The van der Waals surface area contributed by atoms with Gasteiger partial charge in [0.1, 0.15) is 0 Å². The van der Waals surface area contributed by atoms with Gasteiger partial charge in [0.25, 0.3) is 0 Å². The van der Waals surface area contributed by atoms with Gasteiger partial charge in [0.15, 0.2) is 0 Å². The van der Waals surface area contributed by atoms with Crippen LogP contribution in [0.4, 0.5) is 0 Å². The molecule has 122 valence electrons. The molecule has 1 saturated heterocycles. The van der Waals surface area contributed by atoms with Crippen LogP contribution in [0.3, 0.4) is 0 Å². The van der Waals surface area contributed by atoms with Crippen molar-refractivity contribution in [2.75, 3.05) is 32.8 Å². The standard InChI is InChI=1S/C18H34N2O/c1-2-17-13-21-12-11-20(17)15-18(14-19-16-7-8-16)9-5-3-4-6-10-18/h16-17,19H,2-15H2,1H3. The van der Waals surface area contributed by atoms with Crippen molar-refractivity contribution in [1.29, 1.82) is 0 Å². The fraction of sp³-hybridized carbons (Fsp3) is 1.00. The van der Waals surface area contributed by atoms with E-state index in [4.69, 9.17) is 4.74 Å². The average Bonchev–Trinajstić information content (AvgIpc) is 3.34. The highest BCUT2D eigenvalue weighted by Gasteiger charge is 2.36. The molecule has 21 heavy (non-hydrogen) atoms. The molecule has 2 saturated carbocycles. The van der Waals surface area contributed by atoms with Gasteiger partial charge in [-0.3, -0.25) is 4.90 Å². The summed E-state index contributed by atoms with van der Waals surface area (Å²) < 4.78 is 5.70. The quantitative estimate of drug-likeness (QED) is 0.761. The van der Waals surface area contributed by atoms with E-state index in [-0.39, 0.29) is 0 Å². The maximum absolute atomic E-state index is 5.70. The van der Waals surface area contributed by atoms with Crippen molar-refractivity contribution in [3.8, 4) is 0 Å². The summed E-state index contributed by atoms with van der Waals surface area (Å²) in [6, 6.07) is 1.50. The van der Waals surface area contributed by atoms with Gasteiger partial charge in [-0.25, -0.2) is 0 Å². The van der Waals surface area contributed by atoms with Crippen LogP contribution in [0.1, 0.15) is 64.7 Å². The lowest BCUT2D eigenvalue weighted by molar-refractivity contribution is -0.0308. The summed E-state index contributed by atoms with van der Waals surface area (Å²) in [6.45, 7) is 7.89. The highest BCUT2D eigenvalue weighted by atomic mass is 16.5. The zero-order valence-corrected chi connectivity index (χ0v) is 13.9. The molecule has 0 bridgehead atoms. The molecule has 0 radical (unpaired) electrons. The predicted octanol–water partition coefficient (Wildman–Crippen LogP) is 3.19. The minimum atomic E-state index is 0.532. The van der Waals surface area contributed by atoms with Gasteiger partial charge in [-0.05, 0) is 37.5 Å². The normalized spacial score (nSPS) is 31.0. The Balaban J connectivity index is 1.64. The summed E-state index contributed by atoms with van der Waals surface area (Å²) in [5.74, 6) is 0. The summed E-state index contributed by atoms with van der Waals surface area (Å²) in [6.07, 6.45) is 12.7. The Morgan fingerprint density at radius 2 is 1.90 bits per heavy atom. The van der Waals surface area contributed by atoms with Crippen molar-refractivity contribution in [1.82, 2.24) is 10.2 Å². The number of rotatable bonds is 6. The van der Waals surface area contributed by atoms with E-state index in [9.17, 15) is 0 Å². The molecule has 3 rings (SSSR count). The largest absolute Gasteiger partial charge is 0.378 e. The third kappa shape index (κ3) is 4.43. The van der Waals surface area contributed by atoms with Crippen LogP contribution in [0.5, 0.6) is 0 Å². The summed E-state index contributed by atoms with van der Waals surface area (Å²) >= 11 is 0. The van der Waals surface area contributed by atoms with Crippen LogP contribution in [-0.2, 0) is 4.74 Å². The molecule has 1 atom stereocenters. The van der Waals surface area contributed by atoms with Gasteiger partial charge in [-0.1, -0.05) is 32.6 Å². The number of hydrogen-bond acceptors (Lipinski definition) is 3. The van der Waals surface area contributed by atoms with E-state index in [1.165, 1.54) is 70.9 Å². The van der Waals surface area contributed by atoms with Crippen LogP contribution < -0.4 is 5.32 Å². The van der Waals surface area contributed by atoms with E-state index in [0.29, 0.717) is 11.5 Å². The Morgan fingerprint density at radius 1 is 1.14 bits per heavy atom. The number of hydrogen-bond donors (Lipinski definition) is 1. The van der Waals surface area contributed by atoms with Crippen molar-refractivity contribution in [2.45, 2.75) is 76.8 Å². The van der Waals surface area contributed by atoms with Gasteiger partial charge < -0.3 is 10.1 Å². The molecule has 2 aliphatic carbocycles. The Bertz CT molecular complexity index is 308. The molecule has 0 spiro atoms. The zero-order valence-electron chi connectivity index (χ0n) is 13.9. The highest BCUT2D eigenvalue weighted by molar-refractivity contribution is 4.92. The number of morpholine rings is 1. The molecule has 0 amide bonds. The molecule has 3 nitrogen and oxygen atoms in total. The van der Waals surface area contributed by atoms with Crippen LogP contribution in [-0.4, -0.2) is 49.8 Å². The maximum Gasteiger partial charge on any atom is 0.0622 e. The molecule has 3 aliphatic rings. The monoisotopic (exact) mass is 294 g/mol. The first-order chi connectivity index (χ1) is 10.3. The molecular weight excluding hydrogens is 260 g/mol. The second kappa shape index (κ2) is 7.43. The van der Waals surface area contributed by atoms with Gasteiger partial charge in [0.2, 0.25) is 0 Å². The molecule has 0 aromatic heterocycles. The van der Waals surface area contributed by atoms with E-state index in [2.05, 4.69) is 17.1 Å². The zero-order chi connectivity index (χ0) is 14.5. The lowest BCUT2D eigenvalue weighted by Crippen LogP contribution is -2.52. The molecule has 0 aromatic carbocycles. The van der Waals surface area contributed by atoms with Crippen LogP contribution in [0.25, 0.3) is 0 Å². The third-order valence-corrected chi connectivity index (χ3v) is 5.87. The number of nitrogens with one attached hydrogen (secondary N) is 1. The fourth-order valence-corrected chi connectivity index (χ4v) is 4.22. The Hall–Kier alpha value is -0.120. The number of nitrogens with zero attached hydrogens (tertiary/aromatic N) is 1. The Labute approximate surface area is 130 Å². The first-order valence-corrected chi connectivity index (χ1v) is 9.36. The highest BCUT2D eigenvalue weighted by Crippen LogP contribution is 2.37. The lowest BCUT2D eigenvalue weighted by atomic mass is 9.79. The van der Waals surface area contributed by atoms with Gasteiger partial charge in [0.05, 0.1) is 13.2 Å². The molecular formula is C18H34N2O. The third-order valence-electron chi connectivity index (χ3n) is 5.87. The first-order valence-electron chi connectivity index (χ1n) is 9.36. The summed E-state index contributed by atoms with van der Waals surface area (Å²) in [5.41, 5.74) is 0.532. The fourth-order valence-electron chi connectivity index (χ4n) is 4.22. The second-order valence-corrected chi connectivity index (χ2v) is 7.68. The van der Waals surface area contributed by atoms with Crippen molar-refractivity contribution >= 4 is 0 Å². The maximum atomic E-state index is 5.70. The van der Waals surface area contributed by atoms with Crippen LogP contribution >= 0.6 is 0 Å². The van der Waals surface area contributed by atoms with Gasteiger partial charge >= 0.3 is 0 Å². The second-order valence-electron chi connectivity index (χ2n) is 7.68. The van der Waals surface area contributed by atoms with Crippen molar-refractivity contribution < 1.29 is 4.74 Å². The summed E-state index contributed by atoms with van der Waals surface area (Å²) in [4.78, 5) is 2.75. The summed E-state index contributed by atoms with van der Waals surface area (Å²) in [5, 5.41) is 3.86. The smallest absolute Gasteiger partial charge is 0.0622 e. The van der Waals surface area contributed by atoms with Crippen molar-refractivity contribution in [3.05, 3.63) is 0 Å². The van der Waals surface area contributed by atoms with Gasteiger partial charge in [-0.2, -0.15) is 0 Å². The topological polar surface area (TPSA) is 24.5 Å². The molecule has 1 heterocycles. The molecule has 3 fully saturated rings. The molecule has 1 N–H and O–H groups in total. The van der Waals surface area contributed by atoms with Crippen LogP contribution in [0, 0.1) is 5.41 Å². The van der Waals surface area contributed by atoms with E-state index in [0.717, 1.165) is 25.8 Å². The SMILES string of the molecule is CCC1COCCN1CC1(CNC2CC2)CCCCCC1. The van der Waals surface area contributed by atoms with Gasteiger partial charge in [-0.15, -0.1) is 0 Å². The van der Waals surface area contributed by atoms with Crippen LogP contribution in [0.15, 0.2) is 0 Å². The first kappa shape index (κ1) is 15.8. The Kier molecular flexibility index (Phi) is 5.58. The molecule has 3 heteroatoms. The van der Waals surface area contributed by atoms with E-state index < -0.39 is 0 Å². The Morgan fingerprint density at radius 3 is 2.57 bits per heavy atom. The molecule has 1 aliphatic heterocycles. The lowest BCUT2D eigenvalue weighted by Gasteiger charge is -2.43. The molecule has 1 unspecified atom stereocenters.